The number of hydrogen-bond acceptors (Lipinski definition) is 5. The average molecular weight is 357 g/mol. The molecule has 0 saturated heterocycles. The van der Waals surface area contributed by atoms with E-state index in [0.717, 1.165) is 5.56 Å². The van der Waals surface area contributed by atoms with E-state index in [1.807, 2.05) is 6.92 Å². The fourth-order valence-electron chi connectivity index (χ4n) is 2.41. The van der Waals surface area contributed by atoms with Crippen molar-refractivity contribution in [1.82, 2.24) is 15.0 Å². The van der Waals surface area contributed by atoms with Crippen molar-refractivity contribution in [2.45, 2.75) is 23.8 Å². The fourth-order valence-corrected chi connectivity index (χ4v) is 3.75. The highest BCUT2D eigenvalue weighted by Crippen LogP contribution is 2.23. The van der Waals surface area contributed by atoms with Crippen molar-refractivity contribution in [3.8, 4) is 5.69 Å². The lowest BCUT2D eigenvalue weighted by molar-refractivity contribution is 0.0697. The molecular weight excluding hydrogens is 342 g/mol. The molecule has 0 aliphatic rings. The molecule has 0 unspecified atom stereocenters. The molecule has 128 valence electrons. The zero-order valence-electron chi connectivity index (χ0n) is 13.5. The van der Waals surface area contributed by atoms with Crippen LogP contribution in [0.4, 0.5) is 0 Å². The molecule has 0 saturated carbocycles. The SMILES string of the molecule is Cc1ccc(S(=O)(=O)c2nnn(-c3cccc(C(=O)O)c3)c2C)cc1. The number of aromatic carboxylic acids is 1. The van der Waals surface area contributed by atoms with Crippen molar-refractivity contribution >= 4 is 15.8 Å². The Kier molecular flexibility index (Phi) is 4.13. The van der Waals surface area contributed by atoms with E-state index in [1.54, 1.807) is 31.2 Å². The Morgan fingerprint density at radius 3 is 2.40 bits per heavy atom. The van der Waals surface area contributed by atoms with E-state index in [0.29, 0.717) is 11.4 Å². The summed E-state index contributed by atoms with van der Waals surface area (Å²) in [7, 11) is -3.81. The van der Waals surface area contributed by atoms with E-state index >= 15 is 0 Å². The van der Waals surface area contributed by atoms with E-state index in [1.165, 1.54) is 28.9 Å². The molecule has 0 spiro atoms. The third-order valence-corrected chi connectivity index (χ3v) is 5.55. The molecule has 0 radical (unpaired) electrons. The van der Waals surface area contributed by atoms with Crippen LogP contribution in [0.2, 0.25) is 0 Å². The van der Waals surface area contributed by atoms with Crippen LogP contribution in [-0.2, 0) is 9.84 Å². The van der Waals surface area contributed by atoms with Gasteiger partial charge in [0.15, 0.2) is 0 Å². The van der Waals surface area contributed by atoms with E-state index in [2.05, 4.69) is 10.3 Å². The number of sulfone groups is 1. The lowest BCUT2D eigenvalue weighted by atomic mass is 10.2. The Balaban J connectivity index is 2.08. The number of aryl methyl sites for hydroxylation is 1. The van der Waals surface area contributed by atoms with Gasteiger partial charge in [0.1, 0.15) is 0 Å². The molecule has 1 heterocycles. The van der Waals surface area contributed by atoms with Crippen molar-refractivity contribution in [2.24, 2.45) is 0 Å². The summed E-state index contributed by atoms with van der Waals surface area (Å²) in [6.45, 7) is 3.45. The summed E-state index contributed by atoms with van der Waals surface area (Å²) in [5.41, 5.74) is 1.76. The lowest BCUT2D eigenvalue weighted by Crippen LogP contribution is -2.06. The van der Waals surface area contributed by atoms with Crippen LogP contribution in [0.5, 0.6) is 0 Å². The maximum absolute atomic E-state index is 12.8. The predicted molar refractivity (Wildman–Crippen MR) is 89.7 cm³/mol. The quantitative estimate of drug-likeness (QED) is 0.769. The fraction of sp³-hybridized carbons (Fsp3) is 0.118. The first-order chi connectivity index (χ1) is 11.8. The van der Waals surface area contributed by atoms with Gasteiger partial charge in [0.25, 0.3) is 0 Å². The second kappa shape index (κ2) is 6.14. The molecule has 0 aliphatic carbocycles. The highest BCUT2D eigenvalue weighted by atomic mass is 32.2. The molecule has 25 heavy (non-hydrogen) atoms. The van der Waals surface area contributed by atoms with E-state index in [4.69, 9.17) is 5.11 Å². The Morgan fingerprint density at radius 1 is 1.08 bits per heavy atom. The molecule has 1 N–H and O–H groups in total. The Labute approximate surface area is 144 Å². The van der Waals surface area contributed by atoms with Crippen LogP contribution in [0.25, 0.3) is 5.69 Å². The first kappa shape index (κ1) is 16.8. The molecule has 7 nitrogen and oxygen atoms in total. The number of aromatic nitrogens is 3. The Hall–Kier alpha value is -3.00. The molecule has 3 rings (SSSR count). The first-order valence-electron chi connectivity index (χ1n) is 7.38. The Morgan fingerprint density at radius 2 is 1.76 bits per heavy atom. The van der Waals surface area contributed by atoms with E-state index in [-0.39, 0.29) is 15.5 Å². The van der Waals surface area contributed by atoms with Gasteiger partial charge in [-0.15, -0.1) is 5.10 Å². The van der Waals surface area contributed by atoms with Gasteiger partial charge in [-0.05, 0) is 44.2 Å². The number of carboxylic acid groups (broad SMARTS) is 1. The highest BCUT2D eigenvalue weighted by Gasteiger charge is 2.25. The molecule has 2 aromatic carbocycles. The topological polar surface area (TPSA) is 102 Å². The van der Waals surface area contributed by atoms with Crippen LogP contribution >= 0.6 is 0 Å². The lowest BCUT2D eigenvalue weighted by Gasteiger charge is -2.06. The van der Waals surface area contributed by atoms with Crippen molar-refractivity contribution < 1.29 is 18.3 Å². The number of nitrogens with zero attached hydrogens (tertiary/aromatic N) is 3. The first-order valence-corrected chi connectivity index (χ1v) is 8.87. The summed E-state index contributed by atoms with van der Waals surface area (Å²) >= 11 is 0. The number of carboxylic acids is 1. The monoisotopic (exact) mass is 357 g/mol. The van der Waals surface area contributed by atoms with Crippen LogP contribution in [0.15, 0.2) is 58.5 Å². The second-order valence-corrected chi connectivity index (χ2v) is 7.43. The van der Waals surface area contributed by atoms with Gasteiger partial charge in [-0.1, -0.05) is 29.0 Å². The molecule has 0 amide bonds. The summed E-state index contributed by atoms with van der Waals surface area (Å²) in [5, 5.41) is 16.6. The molecule has 3 aromatic rings. The largest absolute Gasteiger partial charge is 0.478 e. The van der Waals surface area contributed by atoms with Crippen molar-refractivity contribution in [1.29, 1.82) is 0 Å². The molecule has 8 heteroatoms. The average Bonchev–Trinajstić information content (AvgIpc) is 2.97. The van der Waals surface area contributed by atoms with Crippen molar-refractivity contribution in [2.75, 3.05) is 0 Å². The Bertz CT molecular complexity index is 1050. The van der Waals surface area contributed by atoms with Crippen molar-refractivity contribution in [3.63, 3.8) is 0 Å². The van der Waals surface area contributed by atoms with Crippen LogP contribution in [-0.4, -0.2) is 34.5 Å². The van der Waals surface area contributed by atoms with Crippen LogP contribution in [0, 0.1) is 13.8 Å². The highest BCUT2D eigenvalue weighted by molar-refractivity contribution is 7.91. The van der Waals surface area contributed by atoms with Gasteiger partial charge >= 0.3 is 5.97 Å². The molecule has 0 bridgehead atoms. The number of hydrogen-bond donors (Lipinski definition) is 1. The summed E-state index contributed by atoms with van der Waals surface area (Å²) in [4.78, 5) is 11.2. The standard InChI is InChI=1S/C17H15N3O4S/c1-11-6-8-15(9-7-11)25(23,24)16-12(2)20(19-18-16)14-5-3-4-13(10-14)17(21)22/h3-10H,1-2H3,(H,21,22). The molecule has 0 fully saturated rings. The zero-order chi connectivity index (χ0) is 18.2. The van der Waals surface area contributed by atoms with E-state index in [9.17, 15) is 13.2 Å². The van der Waals surface area contributed by atoms with Crippen LogP contribution in [0.1, 0.15) is 21.6 Å². The molecule has 0 atom stereocenters. The molecule has 0 aliphatic heterocycles. The van der Waals surface area contributed by atoms with Gasteiger partial charge in [0.2, 0.25) is 14.9 Å². The summed E-state index contributed by atoms with van der Waals surface area (Å²) in [6, 6.07) is 12.5. The maximum Gasteiger partial charge on any atom is 0.335 e. The van der Waals surface area contributed by atoms with Gasteiger partial charge in [0, 0.05) is 0 Å². The summed E-state index contributed by atoms with van der Waals surface area (Å²) in [5.74, 6) is -1.08. The van der Waals surface area contributed by atoms with Gasteiger partial charge in [0.05, 0.1) is 21.8 Å². The summed E-state index contributed by atoms with van der Waals surface area (Å²) < 4.78 is 26.9. The normalized spacial score (nSPS) is 11.4. The minimum Gasteiger partial charge on any atom is -0.478 e. The second-order valence-electron chi connectivity index (χ2n) is 5.56. The van der Waals surface area contributed by atoms with Gasteiger partial charge in [-0.3, -0.25) is 0 Å². The smallest absolute Gasteiger partial charge is 0.335 e. The van der Waals surface area contributed by atoms with Gasteiger partial charge in [-0.2, -0.15) is 0 Å². The number of carbonyl (C=O) groups is 1. The van der Waals surface area contributed by atoms with Gasteiger partial charge < -0.3 is 5.11 Å². The van der Waals surface area contributed by atoms with Gasteiger partial charge in [-0.25, -0.2) is 17.9 Å². The predicted octanol–water partition coefficient (Wildman–Crippen LogP) is 2.42. The third kappa shape index (κ3) is 3.03. The number of rotatable bonds is 4. The summed E-state index contributed by atoms with van der Waals surface area (Å²) in [6.07, 6.45) is 0. The third-order valence-electron chi connectivity index (χ3n) is 3.78. The number of benzene rings is 2. The molecular formula is C17H15N3O4S. The minimum absolute atomic E-state index is 0.0790. The van der Waals surface area contributed by atoms with Crippen LogP contribution in [0.3, 0.4) is 0 Å². The zero-order valence-corrected chi connectivity index (χ0v) is 14.4. The minimum atomic E-state index is -3.81. The van der Waals surface area contributed by atoms with Crippen LogP contribution < -0.4 is 0 Å². The van der Waals surface area contributed by atoms with E-state index < -0.39 is 15.8 Å². The molecule has 1 aromatic heterocycles. The van der Waals surface area contributed by atoms with Crippen molar-refractivity contribution in [3.05, 3.63) is 65.4 Å². The maximum atomic E-state index is 12.8.